The maximum atomic E-state index is 12.5. The summed E-state index contributed by atoms with van der Waals surface area (Å²) in [6.07, 6.45) is 1.45. The topological polar surface area (TPSA) is 113 Å². The van der Waals surface area contributed by atoms with E-state index in [-0.39, 0.29) is 18.0 Å². The summed E-state index contributed by atoms with van der Waals surface area (Å²) in [5.41, 5.74) is 5.18. The van der Waals surface area contributed by atoms with Crippen molar-refractivity contribution in [1.82, 2.24) is 10.2 Å². The molecule has 0 fully saturated rings. The van der Waals surface area contributed by atoms with Gasteiger partial charge in [-0.15, -0.1) is 0 Å². The fourth-order valence-electron chi connectivity index (χ4n) is 1.59. The second kappa shape index (κ2) is 7.93. The molecule has 2 amide bonds. The first-order valence-electron chi connectivity index (χ1n) is 7.09. The third kappa shape index (κ3) is 6.26. The van der Waals surface area contributed by atoms with Crippen molar-refractivity contribution in [3.05, 3.63) is 11.6 Å². The monoisotopic (exact) mass is 313 g/mol. The van der Waals surface area contributed by atoms with Crippen LogP contribution in [0.4, 0.5) is 0 Å². The third-order valence-corrected chi connectivity index (χ3v) is 3.20. The molecule has 0 bridgehead atoms. The number of carbonyl (C=O) groups excluding carboxylic acids is 2. The van der Waals surface area contributed by atoms with Crippen LogP contribution in [0, 0.1) is 5.41 Å². The molecule has 0 aromatic heterocycles. The van der Waals surface area contributed by atoms with Crippen molar-refractivity contribution in [2.45, 2.75) is 46.7 Å². The summed E-state index contributed by atoms with van der Waals surface area (Å²) in [5.74, 6) is -1.73. The summed E-state index contributed by atoms with van der Waals surface area (Å²) in [6.45, 7) is 8.66. The standard InChI is InChI=1S/C15H27N3O4/c1-9(14(21)22)7-8-18(6)13(20)11(15(3,4)5)17-12(19)10(2)16/h7,10-11H,8,16H2,1-6H3,(H,17,19)(H,21,22)/b9-7+. The highest BCUT2D eigenvalue weighted by Gasteiger charge is 2.34. The van der Waals surface area contributed by atoms with Crippen LogP contribution in [0.3, 0.4) is 0 Å². The number of carbonyl (C=O) groups is 3. The van der Waals surface area contributed by atoms with E-state index in [1.54, 1.807) is 14.0 Å². The van der Waals surface area contributed by atoms with Gasteiger partial charge in [-0.1, -0.05) is 26.8 Å². The Labute approximate surface area is 131 Å². The zero-order chi connectivity index (χ0) is 17.7. The third-order valence-electron chi connectivity index (χ3n) is 3.20. The summed E-state index contributed by atoms with van der Waals surface area (Å²) < 4.78 is 0. The molecule has 2 unspecified atom stereocenters. The molecule has 0 aromatic rings. The lowest BCUT2D eigenvalue weighted by Crippen LogP contribution is -2.56. The predicted octanol–water partition coefficient (Wildman–Crippen LogP) is 0.354. The van der Waals surface area contributed by atoms with Crippen LogP contribution < -0.4 is 11.1 Å². The average molecular weight is 313 g/mol. The smallest absolute Gasteiger partial charge is 0.331 e. The first-order chi connectivity index (χ1) is 9.87. The molecule has 7 heteroatoms. The maximum Gasteiger partial charge on any atom is 0.331 e. The van der Waals surface area contributed by atoms with Crippen molar-refractivity contribution >= 4 is 17.8 Å². The highest BCUT2D eigenvalue weighted by atomic mass is 16.4. The Kier molecular flexibility index (Phi) is 7.25. The fraction of sp³-hybridized carbons (Fsp3) is 0.667. The van der Waals surface area contributed by atoms with E-state index in [1.807, 2.05) is 20.8 Å². The minimum Gasteiger partial charge on any atom is -0.478 e. The molecule has 22 heavy (non-hydrogen) atoms. The van der Waals surface area contributed by atoms with Gasteiger partial charge in [-0.05, 0) is 19.3 Å². The Balaban J connectivity index is 5.09. The number of nitrogens with two attached hydrogens (primary N) is 1. The average Bonchev–Trinajstić information content (AvgIpc) is 2.38. The van der Waals surface area contributed by atoms with E-state index in [4.69, 9.17) is 10.8 Å². The molecule has 7 nitrogen and oxygen atoms in total. The Morgan fingerprint density at radius 2 is 1.82 bits per heavy atom. The van der Waals surface area contributed by atoms with Gasteiger partial charge in [-0.2, -0.15) is 0 Å². The predicted molar refractivity (Wildman–Crippen MR) is 84.1 cm³/mol. The zero-order valence-corrected chi connectivity index (χ0v) is 14.1. The molecule has 0 heterocycles. The lowest BCUT2D eigenvalue weighted by Gasteiger charge is -2.33. The molecule has 0 saturated heterocycles. The van der Waals surface area contributed by atoms with Gasteiger partial charge < -0.3 is 21.1 Å². The van der Waals surface area contributed by atoms with Crippen molar-refractivity contribution in [2.24, 2.45) is 11.1 Å². The number of aliphatic carboxylic acids is 1. The van der Waals surface area contributed by atoms with Gasteiger partial charge in [0.25, 0.3) is 0 Å². The van der Waals surface area contributed by atoms with Crippen LogP contribution in [-0.4, -0.2) is 53.5 Å². The quantitative estimate of drug-likeness (QED) is 0.613. The molecule has 0 aliphatic heterocycles. The van der Waals surface area contributed by atoms with Crippen molar-refractivity contribution < 1.29 is 19.5 Å². The van der Waals surface area contributed by atoms with Crippen LogP contribution in [0.5, 0.6) is 0 Å². The molecule has 0 spiro atoms. The van der Waals surface area contributed by atoms with Crippen LogP contribution in [0.1, 0.15) is 34.6 Å². The Bertz CT molecular complexity index is 464. The van der Waals surface area contributed by atoms with Gasteiger partial charge in [-0.3, -0.25) is 9.59 Å². The van der Waals surface area contributed by atoms with Crippen LogP contribution >= 0.6 is 0 Å². The zero-order valence-electron chi connectivity index (χ0n) is 14.1. The second-order valence-corrected chi connectivity index (χ2v) is 6.51. The lowest BCUT2D eigenvalue weighted by atomic mass is 9.85. The Morgan fingerprint density at radius 3 is 2.18 bits per heavy atom. The Hall–Kier alpha value is -1.89. The molecule has 0 saturated carbocycles. The largest absolute Gasteiger partial charge is 0.478 e. The molecule has 0 radical (unpaired) electrons. The highest BCUT2D eigenvalue weighted by Crippen LogP contribution is 2.21. The molecule has 0 rings (SSSR count). The number of carboxylic acids is 1. The number of rotatable bonds is 6. The fourth-order valence-corrected chi connectivity index (χ4v) is 1.59. The summed E-state index contributed by atoms with van der Waals surface area (Å²) in [4.78, 5) is 36.4. The minimum atomic E-state index is -1.03. The maximum absolute atomic E-state index is 12.5. The highest BCUT2D eigenvalue weighted by molar-refractivity contribution is 5.90. The summed E-state index contributed by atoms with van der Waals surface area (Å²) in [7, 11) is 1.56. The second-order valence-electron chi connectivity index (χ2n) is 6.51. The van der Waals surface area contributed by atoms with Gasteiger partial charge in [0, 0.05) is 19.2 Å². The van der Waals surface area contributed by atoms with Crippen LogP contribution in [0.15, 0.2) is 11.6 Å². The van der Waals surface area contributed by atoms with E-state index in [2.05, 4.69) is 5.32 Å². The Morgan fingerprint density at radius 1 is 1.32 bits per heavy atom. The lowest BCUT2D eigenvalue weighted by molar-refractivity contribution is -0.138. The number of amides is 2. The number of carboxylic acid groups (broad SMARTS) is 1. The molecular weight excluding hydrogens is 286 g/mol. The van der Waals surface area contributed by atoms with Crippen LogP contribution in [0.2, 0.25) is 0 Å². The van der Waals surface area contributed by atoms with Gasteiger partial charge in [0.15, 0.2) is 0 Å². The van der Waals surface area contributed by atoms with Crippen molar-refractivity contribution in [3.63, 3.8) is 0 Å². The van der Waals surface area contributed by atoms with Gasteiger partial charge in [0.2, 0.25) is 11.8 Å². The van der Waals surface area contributed by atoms with E-state index in [0.29, 0.717) is 0 Å². The van der Waals surface area contributed by atoms with E-state index < -0.39 is 29.4 Å². The number of hydrogen-bond donors (Lipinski definition) is 3. The van der Waals surface area contributed by atoms with Crippen molar-refractivity contribution in [3.8, 4) is 0 Å². The van der Waals surface area contributed by atoms with Crippen LogP contribution in [0.25, 0.3) is 0 Å². The molecule has 126 valence electrons. The summed E-state index contributed by atoms with van der Waals surface area (Å²) >= 11 is 0. The van der Waals surface area contributed by atoms with E-state index >= 15 is 0 Å². The molecule has 0 aliphatic rings. The van der Waals surface area contributed by atoms with E-state index in [1.165, 1.54) is 17.9 Å². The summed E-state index contributed by atoms with van der Waals surface area (Å²) in [6, 6.07) is -1.45. The number of nitrogens with one attached hydrogen (secondary N) is 1. The molecule has 2 atom stereocenters. The SMILES string of the molecule is C/C(=C\CN(C)C(=O)C(NC(=O)C(C)N)C(C)(C)C)C(=O)O. The first kappa shape index (κ1) is 20.1. The first-order valence-corrected chi connectivity index (χ1v) is 7.09. The van der Waals surface area contributed by atoms with Gasteiger partial charge in [0.05, 0.1) is 6.04 Å². The number of hydrogen-bond acceptors (Lipinski definition) is 4. The summed E-state index contributed by atoms with van der Waals surface area (Å²) in [5, 5.41) is 11.5. The van der Waals surface area contributed by atoms with Gasteiger partial charge >= 0.3 is 5.97 Å². The minimum absolute atomic E-state index is 0.150. The normalized spacial score (nSPS) is 15.0. The van der Waals surface area contributed by atoms with Crippen molar-refractivity contribution in [1.29, 1.82) is 0 Å². The van der Waals surface area contributed by atoms with Crippen LogP contribution in [-0.2, 0) is 14.4 Å². The number of nitrogens with zero attached hydrogens (tertiary/aromatic N) is 1. The molecule has 4 N–H and O–H groups in total. The molecule has 0 aromatic carbocycles. The van der Waals surface area contributed by atoms with Crippen molar-refractivity contribution in [2.75, 3.05) is 13.6 Å². The van der Waals surface area contributed by atoms with Gasteiger partial charge in [0.1, 0.15) is 6.04 Å². The van der Waals surface area contributed by atoms with E-state index in [0.717, 1.165) is 0 Å². The molecule has 0 aliphatic carbocycles. The number of likely N-dealkylation sites (N-methyl/N-ethyl adjacent to an activating group) is 1. The van der Waals surface area contributed by atoms with E-state index in [9.17, 15) is 14.4 Å². The van der Waals surface area contributed by atoms with Gasteiger partial charge in [-0.25, -0.2) is 4.79 Å². The molecular formula is C15H27N3O4.